The average molecular weight is 289 g/mol. The van der Waals surface area contributed by atoms with E-state index in [0.29, 0.717) is 11.8 Å². The molecule has 2 aromatic rings. The van der Waals surface area contributed by atoms with Gasteiger partial charge >= 0.3 is 0 Å². The van der Waals surface area contributed by atoms with Gasteiger partial charge in [-0.3, -0.25) is 4.79 Å². The van der Waals surface area contributed by atoms with E-state index in [2.05, 4.69) is 20.8 Å². The highest BCUT2D eigenvalue weighted by Crippen LogP contribution is 2.36. The number of carbonyl (C=O) groups is 1. The predicted molar refractivity (Wildman–Crippen MR) is 78.5 cm³/mol. The van der Waals surface area contributed by atoms with Crippen molar-refractivity contribution in [3.63, 3.8) is 0 Å². The fourth-order valence-electron chi connectivity index (χ4n) is 2.01. The topological polar surface area (TPSA) is 72.7 Å². The molecular weight excluding hydrogens is 274 g/mol. The summed E-state index contributed by atoms with van der Waals surface area (Å²) in [5, 5.41) is 14.8. The van der Waals surface area contributed by atoms with Gasteiger partial charge in [0.25, 0.3) is 0 Å². The van der Waals surface area contributed by atoms with Gasteiger partial charge < -0.3 is 5.32 Å². The lowest BCUT2D eigenvalue weighted by Crippen LogP contribution is -2.13. The second-order valence-electron chi connectivity index (χ2n) is 4.74. The highest BCUT2D eigenvalue weighted by atomic mass is 32.2. The van der Waals surface area contributed by atoms with Crippen molar-refractivity contribution >= 4 is 23.4 Å². The number of aromatic nitrogens is 4. The Morgan fingerprint density at radius 1 is 1.50 bits per heavy atom. The Balaban J connectivity index is 1.83. The molecular formula is C13H15N5OS. The minimum atomic E-state index is -0.00330. The van der Waals surface area contributed by atoms with Crippen LogP contribution >= 0.6 is 11.8 Å². The molecule has 1 saturated carbocycles. The van der Waals surface area contributed by atoms with E-state index >= 15 is 0 Å². The van der Waals surface area contributed by atoms with Gasteiger partial charge in [0.15, 0.2) is 5.82 Å². The van der Waals surface area contributed by atoms with E-state index in [4.69, 9.17) is 0 Å². The molecule has 1 aromatic heterocycles. The number of thioether (sulfide) groups is 1. The monoisotopic (exact) mass is 289 g/mol. The van der Waals surface area contributed by atoms with Crippen LogP contribution in [0.3, 0.4) is 0 Å². The average Bonchev–Trinajstić information content (AvgIpc) is 3.16. The van der Waals surface area contributed by atoms with Crippen molar-refractivity contribution in [3.8, 4) is 11.4 Å². The molecule has 1 aliphatic carbocycles. The van der Waals surface area contributed by atoms with Crippen LogP contribution in [-0.2, 0) is 4.79 Å². The third-order valence-electron chi connectivity index (χ3n) is 3.07. The second-order valence-corrected chi connectivity index (χ2v) is 5.61. The van der Waals surface area contributed by atoms with Gasteiger partial charge in [0, 0.05) is 11.3 Å². The van der Waals surface area contributed by atoms with Crippen molar-refractivity contribution in [1.82, 2.24) is 20.2 Å². The molecule has 104 valence electrons. The molecule has 1 fully saturated rings. The molecule has 0 radical (unpaired) electrons. The Hall–Kier alpha value is -1.89. The van der Waals surface area contributed by atoms with Crippen LogP contribution in [0.1, 0.15) is 18.9 Å². The quantitative estimate of drug-likeness (QED) is 0.911. The number of rotatable bonds is 5. The third-order valence-corrected chi connectivity index (χ3v) is 3.62. The fourth-order valence-corrected chi connectivity index (χ4v) is 2.35. The standard InChI is InChI=1S/C13H15N5OS/c1-20-8-12(19)14-10-4-2-3-9(7-10)13-15-16-17-18(13)11-5-6-11/h2-4,7,11H,5-6,8H2,1H3,(H,14,19). The number of anilines is 1. The van der Waals surface area contributed by atoms with Crippen LogP contribution < -0.4 is 5.32 Å². The molecule has 0 atom stereocenters. The molecule has 3 rings (SSSR count). The van der Waals surface area contributed by atoms with E-state index in [-0.39, 0.29) is 5.91 Å². The molecule has 0 bridgehead atoms. The van der Waals surface area contributed by atoms with E-state index in [1.54, 1.807) is 0 Å². The van der Waals surface area contributed by atoms with Gasteiger partial charge in [-0.2, -0.15) is 11.8 Å². The molecule has 1 amide bonds. The number of carbonyl (C=O) groups excluding carboxylic acids is 1. The number of amides is 1. The summed E-state index contributed by atoms with van der Waals surface area (Å²) in [6.07, 6.45) is 4.16. The van der Waals surface area contributed by atoms with E-state index in [1.807, 2.05) is 35.2 Å². The van der Waals surface area contributed by atoms with Crippen molar-refractivity contribution in [2.75, 3.05) is 17.3 Å². The lowest BCUT2D eigenvalue weighted by Gasteiger charge is -2.07. The van der Waals surface area contributed by atoms with Crippen molar-refractivity contribution in [1.29, 1.82) is 0 Å². The first-order chi connectivity index (χ1) is 9.78. The third kappa shape index (κ3) is 2.82. The zero-order valence-electron chi connectivity index (χ0n) is 11.1. The van der Waals surface area contributed by atoms with Gasteiger partial charge in [0.2, 0.25) is 5.91 Å². The summed E-state index contributed by atoms with van der Waals surface area (Å²) in [4.78, 5) is 11.6. The number of hydrogen-bond donors (Lipinski definition) is 1. The second kappa shape index (κ2) is 5.62. The lowest BCUT2D eigenvalue weighted by molar-refractivity contribution is -0.113. The first kappa shape index (κ1) is 13.1. The summed E-state index contributed by atoms with van der Waals surface area (Å²) in [7, 11) is 0. The van der Waals surface area contributed by atoms with Gasteiger partial charge in [-0.1, -0.05) is 12.1 Å². The fraction of sp³-hybridized carbons (Fsp3) is 0.385. The van der Waals surface area contributed by atoms with Gasteiger partial charge in [-0.15, -0.1) is 5.10 Å². The smallest absolute Gasteiger partial charge is 0.234 e. The van der Waals surface area contributed by atoms with Gasteiger partial charge in [0.1, 0.15) is 0 Å². The molecule has 0 aliphatic heterocycles. The lowest BCUT2D eigenvalue weighted by atomic mass is 10.2. The van der Waals surface area contributed by atoms with Crippen LogP contribution in [0, 0.1) is 0 Å². The van der Waals surface area contributed by atoms with E-state index in [9.17, 15) is 4.79 Å². The minimum absolute atomic E-state index is 0.00330. The molecule has 7 heteroatoms. The minimum Gasteiger partial charge on any atom is -0.325 e. The first-order valence-corrected chi connectivity index (χ1v) is 7.84. The number of nitrogens with zero attached hydrogens (tertiary/aromatic N) is 4. The largest absolute Gasteiger partial charge is 0.325 e. The maximum absolute atomic E-state index is 11.6. The normalized spacial score (nSPS) is 14.2. The van der Waals surface area contributed by atoms with E-state index in [1.165, 1.54) is 11.8 Å². The van der Waals surface area contributed by atoms with Gasteiger partial charge in [-0.05, 0) is 41.7 Å². The zero-order chi connectivity index (χ0) is 13.9. The SMILES string of the molecule is CSCC(=O)Nc1cccc(-c2nnnn2C2CC2)c1. The molecule has 0 spiro atoms. The van der Waals surface area contributed by atoms with Gasteiger partial charge in [0.05, 0.1) is 11.8 Å². The van der Waals surface area contributed by atoms with Crippen molar-refractivity contribution in [2.24, 2.45) is 0 Å². The highest BCUT2D eigenvalue weighted by Gasteiger charge is 2.28. The summed E-state index contributed by atoms with van der Waals surface area (Å²) in [5.74, 6) is 1.20. The summed E-state index contributed by atoms with van der Waals surface area (Å²) in [6, 6.07) is 8.05. The van der Waals surface area contributed by atoms with Crippen molar-refractivity contribution in [3.05, 3.63) is 24.3 Å². The van der Waals surface area contributed by atoms with Crippen LogP contribution in [0.15, 0.2) is 24.3 Å². The summed E-state index contributed by atoms with van der Waals surface area (Å²) in [5.41, 5.74) is 1.69. The van der Waals surface area contributed by atoms with Crippen LogP contribution in [0.5, 0.6) is 0 Å². The van der Waals surface area contributed by atoms with Crippen LogP contribution in [0.2, 0.25) is 0 Å². The Bertz CT molecular complexity index is 623. The maximum atomic E-state index is 11.6. The highest BCUT2D eigenvalue weighted by molar-refractivity contribution is 7.99. The molecule has 6 nitrogen and oxygen atoms in total. The molecule has 0 saturated heterocycles. The Morgan fingerprint density at radius 3 is 3.10 bits per heavy atom. The molecule has 1 heterocycles. The number of benzene rings is 1. The summed E-state index contributed by atoms with van der Waals surface area (Å²) in [6.45, 7) is 0. The molecule has 20 heavy (non-hydrogen) atoms. The number of tetrazole rings is 1. The zero-order valence-corrected chi connectivity index (χ0v) is 11.9. The van der Waals surface area contributed by atoms with Crippen molar-refractivity contribution < 1.29 is 4.79 Å². The Morgan fingerprint density at radius 2 is 2.35 bits per heavy atom. The van der Waals surface area contributed by atoms with Crippen LogP contribution in [-0.4, -0.2) is 38.1 Å². The predicted octanol–water partition coefficient (Wildman–Crippen LogP) is 1.98. The van der Waals surface area contributed by atoms with Crippen molar-refractivity contribution in [2.45, 2.75) is 18.9 Å². The van der Waals surface area contributed by atoms with E-state index < -0.39 is 0 Å². The Labute approximate surface area is 120 Å². The van der Waals surface area contributed by atoms with Gasteiger partial charge in [-0.25, -0.2) is 4.68 Å². The molecule has 1 N–H and O–H groups in total. The number of hydrogen-bond acceptors (Lipinski definition) is 5. The molecule has 1 aliphatic rings. The summed E-state index contributed by atoms with van der Waals surface area (Å²) >= 11 is 1.50. The summed E-state index contributed by atoms with van der Waals surface area (Å²) < 4.78 is 1.86. The van der Waals surface area contributed by atoms with Crippen LogP contribution in [0.4, 0.5) is 5.69 Å². The van der Waals surface area contributed by atoms with Crippen LogP contribution in [0.25, 0.3) is 11.4 Å². The Kier molecular flexibility index (Phi) is 3.68. The maximum Gasteiger partial charge on any atom is 0.234 e. The molecule has 1 aromatic carbocycles. The number of nitrogens with one attached hydrogen (secondary N) is 1. The van der Waals surface area contributed by atoms with E-state index in [0.717, 1.165) is 29.9 Å². The molecule has 0 unspecified atom stereocenters. The first-order valence-electron chi connectivity index (χ1n) is 6.45.